The molecule has 3 heterocycles. The van der Waals surface area contributed by atoms with Gasteiger partial charge in [0.2, 0.25) is 11.8 Å². The Morgan fingerprint density at radius 3 is 2.26 bits per heavy atom. The molecule has 0 radical (unpaired) electrons. The minimum Gasteiger partial charge on any atom is -0.385 e. The summed E-state index contributed by atoms with van der Waals surface area (Å²) in [5.74, 6) is -1.00. The highest BCUT2D eigenvalue weighted by atomic mass is 127. The number of nitrogens with zero attached hydrogens (tertiary/aromatic N) is 2. The van der Waals surface area contributed by atoms with Crippen LogP contribution in [0.25, 0.3) is 10.9 Å². The number of likely N-dealkylation sites (tertiary alicyclic amines) is 1. The van der Waals surface area contributed by atoms with Crippen molar-refractivity contribution in [2.24, 2.45) is 0 Å². The summed E-state index contributed by atoms with van der Waals surface area (Å²) in [6, 6.07) is 11.0. The Balaban J connectivity index is 0.00000116. The van der Waals surface area contributed by atoms with Crippen LogP contribution in [0.4, 0.5) is 13.2 Å². The van der Waals surface area contributed by atoms with Gasteiger partial charge in [0.25, 0.3) is 0 Å². The Hall–Kier alpha value is -2.22. The molecule has 2 N–H and O–H groups in total. The third kappa shape index (κ3) is 7.64. The van der Waals surface area contributed by atoms with Crippen LogP contribution in [-0.4, -0.2) is 39.9 Å². The van der Waals surface area contributed by atoms with Gasteiger partial charge in [-0.2, -0.15) is 13.2 Å². The maximum Gasteiger partial charge on any atom is 0.416 e. The molecule has 2 aromatic carbocycles. The normalized spacial score (nSPS) is 18.9. The lowest BCUT2D eigenvalue weighted by atomic mass is 9.82. The predicted molar refractivity (Wildman–Crippen MR) is 171 cm³/mol. The SMILES string of the molecule is CC.Cc1nc2ccc(C3(O)CCN(Cc4ccc(C(F)(F)F)cc4)CC3)cc2c(C)c1C1CCC(=O)NC1=O.SI. The Morgan fingerprint density at radius 2 is 1.69 bits per heavy atom. The number of hydrogen-bond donors (Lipinski definition) is 3. The number of nitrogens with one attached hydrogen (secondary N) is 1. The fraction of sp³-hybridized carbons (Fsp3) is 0.452. The monoisotopic (exact) mass is 715 g/mol. The molecule has 0 saturated carbocycles. The Bertz CT molecular complexity index is 1410. The van der Waals surface area contributed by atoms with Gasteiger partial charge in [0.05, 0.1) is 22.6 Å². The summed E-state index contributed by atoms with van der Waals surface area (Å²) in [7, 11) is 3.50. The molecule has 6 nitrogen and oxygen atoms in total. The van der Waals surface area contributed by atoms with Crippen molar-refractivity contribution in [1.82, 2.24) is 15.2 Å². The van der Waals surface area contributed by atoms with Gasteiger partial charge in [0, 0.05) is 37.1 Å². The van der Waals surface area contributed by atoms with E-state index in [9.17, 15) is 27.9 Å². The van der Waals surface area contributed by atoms with Crippen molar-refractivity contribution >= 4 is 53.7 Å². The van der Waals surface area contributed by atoms with Gasteiger partial charge < -0.3 is 5.11 Å². The predicted octanol–water partition coefficient (Wildman–Crippen LogP) is 7.17. The average molecular weight is 716 g/mol. The molecule has 1 aromatic heterocycles. The zero-order valence-electron chi connectivity index (χ0n) is 24.2. The number of aryl methyl sites for hydroxylation is 2. The van der Waals surface area contributed by atoms with Crippen LogP contribution in [0.1, 0.15) is 79.0 Å². The van der Waals surface area contributed by atoms with Crippen LogP contribution in [0.3, 0.4) is 0 Å². The number of piperidine rings is 2. The number of imide groups is 1. The topological polar surface area (TPSA) is 82.5 Å². The molecule has 0 spiro atoms. The first kappa shape index (κ1) is 34.3. The Morgan fingerprint density at radius 1 is 1.07 bits per heavy atom. The first-order valence-corrected chi connectivity index (χ1v) is 17.2. The van der Waals surface area contributed by atoms with Crippen molar-refractivity contribution in [3.05, 3.63) is 76.0 Å². The number of pyridine rings is 1. The molecule has 2 saturated heterocycles. The third-order valence-corrected chi connectivity index (χ3v) is 7.98. The molecule has 0 bridgehead atoms. The number of thiol groups is 1. The fourth-order valence-corrected chi connectivity index (χ4v) is 5.79. The molecule has 2 aliphatic rings. The number of hydrogen-bond acceptors (Lipinski definition) is 6. The van der Waals surface area contributed by atoms with Crippen LogP contribution in [0.15, 0.2) is 42.5 Å². The lowest BCUT2D eigenvalue weighted by Gasteiger charge is -2.38. The van der Waals surface area contributed by atoms with Crippen LogP contribution >= 0.6 is 31.0 Å². The molecule has 2 aliphatic heterocycles. The molecule has 1 atom stereocenters. The molecule has 3 aromatic rings. The molecule has 0 aliphatic carbocycles. The van der Waals surface area contributed by atoms with Gasteiger partial charge in [-0.25, -0.2) is 0 Å². The number of carbonyl (C=O) groups excluding carboxylic acids is 2. The van der Waals surface area contributed by atoms with Crippen LogP contribution < -0.4 is 5.32 Å². The number of rotatable bonds is 4. The van der Waals surface area contributed by atoms with Crippen molar-refractivity contribution < 1.29 is 27.9 Å². The number of alkyl halides is 3. The van der Waals surface area contributed by atoms with E-state index in [2.05, 4.69) is 20.0 Å². The van der Waals surface area contributed by atoms with Gasteiger partial charge in [0.1, 0.15) is 0 Å². The molecule has 42 heavy (non-hydrogen) atoms. The van der Waals surface area contributed by atoms with E-state index in [1.54, 1.807) is 0 Å². The summed E-state index contributed by atoms with van der Waals surface area (Å²) in [4.78, 5) is 31.1. The van der Waals surface area contributed by atoms with E-state index in [1.165, 1.54) is 12.1 Å². The van der Waals surface area contributed by atoms with E-state index in [1.807, 2.05) is 67.1 Å². The smallest absolute Gasteiger partial charge is 0.385 e. The van der Waals surface area contributed by atoms with Crippen LogP contribution in [0, 0.1) is 13.8 Å². The number of aliphatic hydroxyl groups is 1. The summed E-state index contributed by atoms with van der Waals surface area (Å²) in [6.07, 6.45) is -2.65. The second-order valence-corrected chi connectivity index (χ2v) is 10.5. The highest BCUT2D eigenvalue weighted by Gasteiger charge is 2.36. The maximum atomic E-state index is 12.8. The van der Waals surface area contributed by atoms with Crippen molar-refractivity contribution in [2.45, 2.75) is 77.6 Å². The number of aromatic nitrogens is 1. The number of amides is 2. The van der Waals surface area contributed by atoms with Gasteiger partial charge in [0.15, 0.2) is 0 Å². The van der Waals surface area contributed by atoms with Gasteiger partial charge in [-0.3, -0.25) is 24.8 Å². The van der Waals surface area contributed by atoms with E-state index in [0.717, 1.165) is 51.0 Å². The molecule has 5 rings (SSSR count). The molecular weight excluding hydrogens is 678 g/mol. The minimum absolute atomic E-state index is 0.260. The van der Waals surface area contributed by atoms with Gasteiger partial charge in [-0.1, -0.05) is 32.0 Å². The zero-order valence-corrected chi connectivity index (χ0v) is 27.2. The first-order valence-electron chi connectivity index (χ1n) is 14.0. The minimum atomic E-state index is -4.35. The number of carbonyl (C=O) groups is 2. The van der Waals surface area contributed by atoms with Crippen molar-refractivity contribution in [1.29, 1.82) is 0 Å². The summed E-state index contributed by atoms with van der Waals surface area (Å²) in [5, 5.41) is 14.9. The average Bonchev–Trinajstić information content (AvgIpc) is 2.97. The summed E-state index contributed by atoms with van der Waals surface area (Å²) >= 11 is 1.84. The van der Waals surface area contributed by atoms with Crippen molar-refractivity contribution in [3.8, 4) is 0 Å². The van der Waals surface area contributed by atoms with Crippen LogP contribution in [-0.2, 0) is 27.9 Å². The maximum absolute atomic E-state index is 12.8. The lowest BCUT2D eigenvalue weighted by Crippen LogP contribution is -2.42. The van der Waals surface area contributed by atoms with E-state index in [-0.39, 0.29) is 18.2 Å². The van der Waals surface area contributed by atoms with Gasteiger partial charge in [-0.15, -0.1) is 9.80 Å². The molecule has 11 heteroatoms. The van der Waals surface area contributed by atoms with E-state index < -0.39 is 23.3 Å². The first-order chi connectivity index (χ1) is 19.9. The molecule has 2 amide bonds. The second kappa shape index (κ2) is 14.5. The van der Waals surface area contributed by atoms with Crippen LogP contribution in [0.2, 0.25) is 0 Å². The highest BCUT2D eigenvalue weighted by Crippen LogP contribution is 2.38. The van der Waals surface area contributed by atoms with Crippen LogP contribution in [0.5, 0.6) is 0 Å². The Labute approximate surface area is 262 Å². The van der Waals surface area contributed by atoms with Crippen molar-refractivity contribution in [2.75, 3.05) is 13.1 Å². The number of halogens is 4. The largest absolute Gasteiger partial charge is 0.416 e. The summed E-state index contributed by atoms with van der Waals surface area (Å²) in [6.45, 7) is 9.55. The van der Waals surface area contributed by atoms with E-state index >= 15 is 0 Å². The van der Waals surface area contributed by atoms with Gasteiger partial charge >= 0.3 is 6.18 Å². The second-order valence-electron chi connectivity index (χ2n) is 10.5. The fourth-order valence-electron chi connectivity index (χ4n) is 5.79. The Kier molecular flexibility index (Phi) is 11.8. The lowest BCUT2D eigenvalue weighted by molar-refractivity contribution is -0.138. The van der Waals surface area contributed by atoms with E-state index in [0.29, 0.717) is 38.9 Å². The highest BCUT2D eigenvalue weighted by molar-refractivity contribution is 14.2. The van der Waals surface area contributed by atoms with Gasteiger partial charge in [-0.05, 0) is 101 Å². The summed E-state index contributed by atoms with van der Waals surface area (Å²) < 4.78 is 38.5. The molecule has 1 unspecified atom stereocenters. The number of benzene rings is 2. The third-order valence-electron chi connectivity index (χ3n) is 7.98. The quantitative estimate of drug-likeness (QED) is 0.152. The zero-order chi connectivity index (χ0) is 31.2. The molecule has 228 valence electrons. The number of fused-ring (bicyclic) bond motifs is 1. The molecular formula is C31H37F3IN3O3S. The summed E-state index contributed by atoms with van der Waals surface area (Å²) in [5.41, 5.74) is 3.17. The molecule has 2 fully saturated rings. The van der Waals surface area contributed by atoms with Crippen molar-refractivity contribution in [3.63, 3.8) is 0 Å². The standard InChI is InChI=1S/C29H30F3N3O3.C2H6.HIS/c1-17-23-15-21(7-9-24(23)33-18(2)26(17)22-8-10-25(36)34-27(22)37)28(38)11-13-35(14-12-28)16-19-3-5-20(6-4-19)29(30,31)32;2*1-2/h3-7,9,15,22,38H,8,10-14,16H2,1-2H3,(H,34,36,37);1-2H3;2H. The van der Waals surface area contributed by atoms with E-state index in [4.69, 9.17) is 4.98 Å².